The summed E-state index contributed by atoms with van der Waals surface area (Å²) in [7, 11) is 1.66. The van der Waals surface area contributed by atoms with Crippen molar-refractivity contribution in [2.24, 2.45) is 5.41 Å². The normalized spacial score (nSPS) is 15.9. The molecule has 1 aliphatic heterocycles. The van der Waals surface area contributed by atoms with Crippen LogP contribution >= 0.6 is 12.4 Å². The minimum absolute atomic E-state index is 0. The van der Waals surface area contributed by atoms with Gasteiger partial charge in [-0.05, 0) is 50.0 Å². The first kappa shape index (κ1) is 21.7. The summed E-state index contributed by atoms with van der Waals surface area (Å²) in [6, 6.07) is 7.94. The fourth-order valence-corrected chi connectivity index (χ4v) is 3.07. The fourth-order valence-electron chi connectivity index (χ4n) is 3.07. The van der Waals surface area contributed by atoms with Crippen molar-refractivity contribution >= 4 is 18.3 Å². The first-order chi connectivity index (χ1) is 11.7. The van der Waals surface area contributed by atoms with E-state index in [9.17, 15) is 4.79 Å². The van der Waals surface area contributed by atoms with Crippen molar-refractivity contribution in [3.8, 4) is 5.75 Å². The molecular formula is C19H31ClN2O3. The monoisotopic (exact) mass is 370 g/mol. The summed E-state index contributed by atoms with van der Waals surface area (Å²) in [4.78, 5) is 12.7. The van der Waals surface area contributed by atoms with Gasteiger partial charge in [-0.15, -0.1) is 12.4 Å². The number of carbonyl (C=O) groups is 1. The van der Waals surface area contributed by atoms with Crippen LogP contribution in [0.1, 0.15) is 38.2 Å². The molecule has 0 aliphatic carbocycles. The van der Waals surface area contributed by atoms with Crippen molar-refractivity contribution < 1.29 is 14.3 Å². The van der Waals surface area contributed by atoms with Gasteiger partial charge < -0.3 is 20.1 Å². The third-order valence-corrected chi connectivity index (χ3v) is 4.58. The minimum Gasteiger partial charge on any atom is -0.494 e. The van der Waals surface area contributed by atoms with E-state index in [4.69, 9.17) is 9.47 Å². The molecule has 1 saturated heterocycles. The molecule has 6 heteroatoms. The molecule has 0 bridgehead atoms. The third kappa shape index (κ3) is 6.49. The predicted octanol–water partition coefficient (Wildman–Crippen LogP) is 2.92. The highest BCUT2D eigenvalue weighted by Crippen LogP contribution is 2.29. The van der Waals surface area contributed by atoms with Crippen molar-refractivity contribution in [3.05, 3.63) is 29.8 Å². The van der Waals surface area contributed by atoms with Crippen LogP contribution in [0.15, 0.2) is 24.3 Å². The summed E-state index contributed by atoms with van der Waals surface area (Å²) in [6.07, 6.45) is 3.79. The highest BCUT2D eigenvalue weighted by Gasteiger charge is 2.39. The Hall–Kier alpha value is -1.30. The number of amides is 1. The van der Waals surface area contributed by atoms with E-state index in [1.54, 1.807) is 7.11 Å². The van der Waals surface area contributed by atoms with Gasteiger partial charge in [-0.3, -0.25) is 4.79 Å². The second-order valence-electron chi connectivity index (χ2n) is 6.50. The maximum Gasteiger partial charge on any atom is 0.228 e. The quantitative estimate of drug-likeness (QED) is 0.656. The lowest BCUT2D eigenvalue weighted by Gasteiger charge is -2.35. The molecule has 2 rings (SSSR count). The topological polar surface area (TPSA) is 59.6 Å². The van der Waals surface area contributed by atoms with E-state index in [2.05, 4.69) is 17.6 Å². The first-order valence-electron chi connectivity index (χ1n) is 8.90. The van der Waals surface area contributed by atoms with Crippen LogP contribution in [0.2, 0.25) is 0 Å². The van der Waals surface area contributed by atoms with Crippen LogP contribution in [0.4, 0.5) is 0 Å². The standard InChI is InChI=1S/C19H30N2O3.ClH/c1-3-4-12-24-17-7-5-6-16(13-17)14-21-18(22)19(15-23-2)8-10-20-11-9-19;/h5-7,13,20H,3-4,8-12,14-15H2,1-2H3,(H,21,22);1H. The molecule has 5 nitrogen and oxygen atoms in total. The SMILES string of the molecule is CCCCOc1cccc(CNC(=O)C2(COC)CCNCC2)c1.Cl. The van der Waals surface area contributed by atoms with Crippen molar-refractivity contribution in [2.75, 3.05) is 33.4 Å². The Labute approximate surface area is 157 Å². The Kier molecular flexibility index (Phi) is 9.86. The van der Waals surface area contributed by atoms with Gasteiger partial charge in [0, 0.05) is 13.7 Å². The maximum absolute atomic E-state index is 12.7. The lowest BCUT2D eigenvalue weighted by Crippen LogP contribution is -2.49. The van der Waals surface area contributed by atoms with Crippen LogP contribution in [0.5, 0.6) is 5.75 Å². The lowest BCUT2D eigenvalue weighted by molar-refractivity contribution is -0.136. The van der Waals surface area contributed by atoms with Gasteiger partial charge in [0.05, 0.1) is 18.6 Å². The molecule has 1 heterocycles. The van der Waals surface area contributed by atoms with Gasteiger partial charge in [0.15, 0.2) is 0 Å². The first-order valence-corrected chi connectivity index (χ1v) is 8.90. The Morgan fingerprint density at radius 2 is 2.08 bits per heavy atom. The molecule has 0 unspecified atom stereocenters. The van der Waals surface area contributed by atoms with Crippen LogP contribution in [-0.4, -0.2) is 39.3 Å². The Bertz CT molecular complexity index is 514. The van der Waals surface area contributed by atoms with E-state index < -0.39 is 5.41 Å². The van der Waals surface area contributed by atoms with Gasteiger partial charge in [-0.1, -0.05) is 25.5 Å². The molecular weight excluding hydrogens is 340 g/mol. The van der Waals surface area contributed by atoms with Crippen molar-refractivity contribution in [2.45, 2.75) is 39.2 Å². The van der Waals surface area contributed by atoms with E-state index in [1.165, 1.54) is 0 Å². The van der Waals surface area contributed by atoms with E-state index in [1.807, 2.05) is 24.3 Å². The van der Waals surface area contributed by atoms with Gasteiger partial charge in [-0.25, -0.2) is 0 Å². The summed E-state index contributed by atoms with van der Waals surface area (Å²) in [6.45, 7) is 5.58. The Balaban J connectivity index is 0.00000312. The second kappa shape index (κ2) is 11.3. The number of benzene rings is 1. The number of ether oxygens (including phenoxy) is 2. The number of halogens is 1. The smallest absolute Gasteiger partial charge is 0.228 e. The van der Waals surface area contributed by atoms with E-state index in [-0.39, 0.29) is 18.3 Å². The molecule has 0 saturated carbocycles. The molecule has 0 aromatic heterocycles. The second-order valence-corrected chi connectivity index (χ2v) is 6.50. The van der Waals surface area contributed by atoms with Crippen LogP contribution in [0.25, 0.3) is 0 Å². The highest BCUT2D eigenvalue weighted by atomic mass is 35.5. The Morgan fingerprint density at radius 3 is 2.76 bits per heavy atom. The number of hydrogen-bond donors (Lipinski definition) is 2. The molecule has 0 spiro atoms. The third-order valence-electron chi connectivity index (χ3n) is 4.58. The van der Waals surface area contributed by atoms with Crippen LogP contribution < -0.4 is 15.4 Å². The molecule has 142 valence electrons. The highest BCUT2D eigenvalue weighted by molar-refractivity contribution is 5.85. The van der Waals surface area contributed by atoms with E-state index >= 15 is 0 Å². The zero-order valence-electron chi connectivity index (χ0n) is 15.3. The number of hydrogen-bond acceptors (Lipinski definition) is 4. The molecule has 1 aliphatic rings. The fraction of sp³-hybridized carbons (Fsp3) is 0.632. The molecule has 1 aromatic carbocycles. The summed E-state index contributed by atoms with van der Waals surface area (Å²) in [5.74, 6) is 0.951. The Morgan fingerprint density at radius 1 is 1.32 bits per heavy atom. The number of rotatable bonds is 9. The predicted molar refractivity (Wildman–Crippen MR) is 102 cm³/mol. The largest absolute Gasteiger partial charge is 0.494 e. The number of methoxy groups -OCH3 is 1. The average Bonchev–Trinajstić information content (AvgIpc) is 2.61. The number of nitrogens with one attached hydrogen (secondary N) is 2. The summed E-state index contributed by atoms with van der Waals surface area (Å²) in [5, 5.41) is 6.39. The van der Waals surface area contributed by atoms with Gasteiger partial charge in [0.25, 0.3) is 0 Å². The van der Waals surface area contributed by atoms with Crippen LogP contribution in [0.3, 0.4) is 0 Å². The molecule has 1 fully saturated rings. The summed E-state index contributed by atoms with van der Waals surface area (Å²) < 4.78 is 11.1. The molecule has 1 amide bonds. The molecule has 1 aromatic rings. The van der Waals surface area contributed by atoms with Crippen LogP contribution in [-0.2, 0) is 16.1 Å². The number of unbranched alkanes of at least 4 members (excludes halogenated alkanes) is 1. The van der Waals surface area contributed by atoms with Gasteiger partial charge in [-0.2, -0.15) is 0 Å². The van der Waals surface area contributed by atoms with Crippen LogP contribution in [0, 0.1) is 5.41 Å². The van der Waals surface area contributed by atoms with E-state index in [0.717, 1.165) is 56.7 Å². The van der Waals surface area contributed by atoms with Crippen molar-refractivity contribution in [1.29, 1.82) is 0 Å². The molecule has 0 atom stereocenters. The van der Waals surface area contributed by atoms with Gasteiger partial charge >= 0.3 is 0 Å². The van der Waals surface area contributed by atoms with Crippen molar-refractivity contribution in [3.63, 3.8) is 0 Å². The summed E-state index contributed by atoms with van der Waals surface area (Å²) in [5.41, 5.74) is 0.647. The minimum atomic E-state index is -0.408. The molecule has 25 heavy (non-hydrogen) atoms. The van der Waals surface area contributed by atoms with Crippen molar-refractivity contribution in [1.82, 2.24) is 10.6 Å². The molecule has 0 radical (unpaired) electrons. The maximum atomic E-state index is 12.7. The average molecular weight is 371 g/mol. The number of carbonyl (C=O) groups excluding carboxylic acids is 1. The zero-order chi connectivity index (χ0) is 17.3. The zero-order valence-corrected chi connectivity index (χ0v) is 16.1. The van der Waals surface area contributed by atoms with Gasteiger partial charge in [0.1, 0.15) is 5.75 Å². The molecule has 2 N–H and O–H groups in total. The van der Waals surface area contributed by atoms with E-state index in [0.29, 0.717) is 13.2 Å². The van der Waals surface area contributed by atoms with Gasteiger partial charge in [0.2, 0.25) is 5.91 Å². The number of piperidine rings is 1. The summed E-state index contributed by atoms with van der Waals surface area (Å²) >= 11 is 0. The lowest BCUT2D eigenvalue weighted by atomic mass is 9.78.